The van der Waals surface area contributed by atoms with Gasteiger partial charge in [-0.05, 0) is 19.1 Å². The predicted octanol–water partition coefficient (Wildman–Crippen LogP) is 1.62. The van der Waals surface area contributed by atoms with Crippen molar-refractivity contribution in [2.75, 3.05) is 0 Å². The lowest BCUT2D eigenvalue weighted by Crippen LogP contribution is -1.99. The molecule has 0 saturated heterocycles. The average Bonchev–Trinajstić information content (AvgIpc) is 2.87. The van der Waals surface area contributed by atoms with E-state index in [1.807, 2.05) is 46.9 Å². The highest BCUT2D eigenvalue weighted by atomic mass is 15.3. The second-order valence-corrected chi connectivity index (χ2v) is 3.34. The minimum absolute atomic E-state index is 0.680. The second-order valence-electron chi connectivity index (χ2n) is 3.34. The second kappa shape index (κ2) is 4.01. The number of hydrogen-bond acceptors (Lipinski definition) is 2. The third-order valence-corrected chi connectivity index (χ3v) is 2.31. The van der Waals surface area contributed by atoms with Crippen molar-refractivity contribution >= 4 is 0 Å². The van der Waals surface area contributed by atoms with Gasteiger partial charge in [0.1, 0.15) is 11.8 Å². The fourth-order valence-electron chi connectivity index (χ4n) is 1.51. The van der Waals surface area contributed by atoms with E-state index in [4.69, 9.17) is 5.26 Å². The van der Waals surface area contributed by atoms with Gasteiger partial charge in [-0.1, -0.05) is 0 Å². The first-order valence-electron chi connectivity index (χ1n) is 4.90. The quantitative estimate of drug-likeness (QED) is 0.755. The number of aromatic nitrogens is 3. The lowest BCUT2D eigenvalue weighted by Gasteiger charge is -2.01. The Morgan fingerprint density at radius 3 is 3.07 bits per heavy atom. The molecule has 0 N–H and O–H groups in total. The Hall–Kier alpha value is -2.02. The highest BCUT2D eigenvalue weighted by molar-refractivity contribution is 5.23. The summed E-state index contributed by atoms with van der Waals surface area (Å²) in [6, 6.07) is 5.84. The van der Waals surface area contributed by atoms with Gasteiger partial charge in [-0.3, -0.25) is 4.68 Å². The standard InChI is InChI=1S/C11H12N4/c1-2-15-9-10(7-13-15)8-14-5-3-4-11(14)6-12/h3-5,7,9H,2,8H2,1H3. The minimum atomic E-state index is 0.680. The van der Waals surface area contributed by atoms with Crippen molar-refractivity contribution in [1.29, 1.82) is 5.26 Å². The topological polar surface area (TPSA) is 46.5 Å². The van der Waals surface area contributed by atoms with E-state index >= 15 is 0 Å². The SMILES string of the molecule is CCn1cc(Cn2cccc2C#N)cn1. The van der Waals surface area contributed by atoms with E-state index in [9.17, 15) is 0 Å². The zero-order chi connectivity index (χ0) is 10.7. The molecule has 76 valence electrons. The van der Waals surface area contributed by atoms with Gasteiger partial charge in [0, 0.05) is 24.5 Å². The summed E-state index contributed by atoms with van der Waals surface area (Å²) in [4.78, 5) is 0. The molecular formula is C11H12N4. The lowest BCUT2D eigenvalue weighted by atomic mass is 10.3. The lowest BCUT2D eigenvalue weighted by molar-refractivity contribution is 0.658. The van der Waals surface area contributed by atoms with Gasteiger partial charge in [0.2, 0.25) is 0 Å². The first-order chi connectivity index (χ1) is 7.33. The predicted molar refractivity (Wildman–Crippen MR) is 56.2 cm³/mol. The molecule has 0 fully saturated rings. The smallest absolute Gasteiger partial charge is 0.120 e. The van der Waals surface area contributed by atoms with Crippen LogP contribution in [0.5, 0.6) is 0 Å². The van der Waals surface area contributed by atoms with Crippen molar-refractivity contribution in [3.05, 3.63) is 42.0 Å². The molecule has 0 atom stereocenters. The Morgan fingerprint density at radius 2 is 2.40 bits per heavy atom. The fraction of sp³-hybridized carbons (Fsp3) is 0.273. The normalized spacial score (nSPS) is 10.1. The summed E-state index contributed by atoms with van der Waals surface area (Å²) >= 11 is 0. The van der Waals surface area contributed by atoms with Crippen LogP contribution in [0.2, 0.25) is 0 Å². The van der Waals surface area contributed by atoms with Gasteiger partial charge in [0.15, 0.2) is 0 Å². The van der Waals surface area contributed by atoms with E-state index < -0.39 is 0 Å². The number of nitriles is 1. The summed E-state index contributed by atoms with van der Waals surface area (Å²) in [5.74, 6) is 0. The van der Waals surface area contributed by atoms with E-state index in [1.165, 1.54) is 0 Å². The van der Waals surface area contributed by atoms with Crippen molar-refractivity contribution in [1.82, 2.24) is 14.3 Å². The average molecular weight is 200 g/mol. The van der Waals surface area contributed by atoms with Crippen LogP contribution >= 0.6 is 0 Å². The van der Waals surface area contributed by atoms with Crippen LogP contribution in [-0.2, 0) is 13.1 Å². The molecule has 0 spiro atoms. The molecule has 0 radical (unpaired) electrons. The molecule has 0 aliphatic rings. The van der Waals surface area contributed by atoms with Gasteiger partial charge in [0.25, 0.3) is 0 Å². The van der Waals surface area contributed by atoms with Crippen LogP contribution in [0.1, 0.15) is 18.2 Å². The zero-order valence-corrected chi connectivity index (χ0v) is 8.59. The molecule has 0 aliphatic heterocycles. The van der Waals surface area contributed by atoms with E-state index in [1.54, 1.807) is 0 Å². The monoisotopic (exact) mass is 200 g/mol. The Balaban J connectivity index is 2.19. The van der Waals surface area contributed by atoms with Crippen LogP contribution in [0.4, 0.5) is 0 Å². The first-order valence-corrected chi connectivity index (χ1v) is 4.90. The van der Waals surface area contributed by atoms with Crippen LogP contribution < -0.4 is 0 Å². The van der Waals surface area contributed by atoms with Crippen LogP contribution in [0.15, 0.2) is 30.7 Å². The van der Waals surface area contributed by atoms with E-state index in [0.29, 0.717) is 12.2 Å². The third kappa shape index (κ3) is 1.91. The maximum atomic E-state index is 8.85. The third-order valence-electron chi connectivity index (χ3n) is 2.31. The maximum Gasteiger partial charge on any atom is 0.120 e. The van der Waals surface area contributed by atoms with Gasteiger partial charge < -0.3 is 4.57 Å². The molecule has 2 rings (SSSR count). The maximum absolute atomic E-state index is 8.85. The van der Waals surface area contributed by atoms with Crippen LogP contribution in [0.3, 0.4) is 0 Å². The molecular weight excluding hydrogens is 188 g/mol. The molecule has 4 nitrogen and oxygen atoms in total. The summed E-state index contributed by atoms with van der Waals surface area (Å²) in [5.41, 5.74) is 1.80. The Kier molecular flexibility index (Phi) is 2.55. The summed E-state index contributed by atoms with van der Waals surface area (Å²) in [7, 11) is 0. The van der Waals surface area contributed by atoms with Crippen molar-refractivity contribution in [3.8, 4) is 6.07 Å². The molecule has 0 aliphatic carbocycles. The molecule has 0 saturated carbocycles. The minimum Gasteiger partial charge on any atom is -0.335 e. The summed E-state index contributed by atoms with van der Waals surface area (Å²) in [5, 5.41) is 13.0. The van der Waals surface area contributed by atoms with Gasteiger partial charge in [-0.25, -0.2) is 0 Å². The Bertz CT molecular complexity index is 487. The molecule has 0 aromatic carbocycles. The van der Waals surface area contributed by atoms with Gasteiger partial charge in [0.05, 0.1) is 12.7 Å². The molecule has 0 amide bonds. The van der Waals surface area contributed by atoms with Gasteiger partial charge >= 0.3 is 0 Å². The fourth-order valence-corrected chi connectivity index (χ4v) is 1.51. The Labute approximate surface area is 88.4 Å². The zero-order valence-electron chi connectivity index (χ0n) is 8.59. The molecule has 2 heterocycles. The van der Waals surface area contributed by atoms with E-state index in [-0.39, 0.29) is 0 Å². The molecule has 0 unspecified atom stereocenters. The van der Waals surface area contributed by atoms with Crippen LogP contribution in [-0.4, -0.2) is 14.3 Å². The largest absolute Gasteiger partial charge is 0.335 e. The highest BCUT2D eigenvalue weighted by Gasteiger charge is 2.02. The van der Waals surface area contributed by atoms with Gasteiger partial charge in [-0.2, -0.15) is 10.4 Å². The number of aryl methyl sites for hydroxylation is 1. The van der Waals surface area contributed by atoms with Crippen molar-refractivity contribution in [2.45, 2.75) is 20.0 Å². The number of rotatable bonds is 3. The first kappa shape index (κ1) is 9.53. The highest BCUT2D eigenvalue weighted by Crippen LogP contribution is 2.06. The number of nitrogens with zero attached hydrogens (tertiary/aromatic N) is 4. The van der Waals surface area contributed by atoms with Crippen molar-refractivity contribution in [3.63, 3.8) is 0 Å². The summed E-state index contributed by atoms with van der Waals surface area (Å²) in [6.45, 7) is 3.62. The number of hydrogen-bond donors (Lipinski definition) is 0. The summed E-state index contributed by atoms with van der Waals surface area (Å²) < 4.78 is 3.79. The van der Waals surface area contributed by atoms with Crippen molar-refractivity contribution < 1.29 is 0 Å². The van der Waals surface area contributed by atoms with E-state index in [2.05, 4.69) is 11.2 Å². The molecule has 0 bridgehead atoms. The Morgan fingerprint density at radius 1 is 1.53 bits per heavy atom. The van der Waals surface area contributed by atoms with Crippen LogP contribution in [0.25, 0.3) is 0 Å². The van der Waals surface area contributed by atoms with Crippen LogP contribution in [0, 0.1) is 11.3 Å². The van der Waals surface area contributed by atoms with Crippen molar-refractivity contribution in [2.24, 2.45) is 0 Å². The molecule has 15 heavy (non-hydrogen) atoms. The molecule has 2 aromatic rings. The summed E-state index contributed by atoms with van der Waals surface area (Å²) in [6.07, 6.45) is 5.74. The van der Waals surface area contributed by atoms with E-state index in [0.717, 1.165) is 12.1 Å². The van der Waals surface area contributed by atoms with Gasteiger partial charge in [-0.15, -0.1) is 0 Å². The molecule has 4 heteroatoms. The molecule has 2 aromatic heterocycles.